The van der Waals surface area contributed by atoms with E-state index in [2.05, 4.69) is 10.6 Å². The average Bonchev–Trinajstić information content (AvgIpc) is 3.22. The molecule has 2 aromatic rings. The number of amides is 2. The quantitative estimate of drug-likeness (QED) is 0.680. The molecule has 8 nitrogen and oxygen atoms in total. The molecule has 0 radical (unpaired) electrons. The number of ether oxygens (including phenoxy) is 1. The second-order valence-electron chi connectivity index (χ2n) is 7.12. The summed E-state index contributed by atoms with van der Waals surface area (Å²) >= 11 is 0. The Morgan fingerprint density at radius 2 is 1.87 bits per heavy atom. The lowest BCUT2D eigenvalue weighted by molar-refractivity contribution is -0.136. The Morgan fingerprint density at radius 1 is 1.13 bits per heavy atom. The molecular formula is C21H25N3O5S. The van der Waals surface area contributed by atoms with Crippen molar-refractivity contribution in [3.63, 3.8) is 0 Å². The summed E-state index contributed by atoms with van der Waals surface area (Å²) in [5, 5.41) is 5.05. The first-order valence-electron chi connectivity index (χ1n) is 9.63. The molecule has 1 heterocycles. The Labute approximate surface area is 176 Å². The van der Waals surface area contributed by atoms with E-state index in [1.54, 1.807) is 48.5 Å². The normalized spacial score (nSPS) is 16.8. The minimum Gasteiger partial charge on any atom is -0.497 e. The number of hydrogen-bond donors (Lipinski definition) is 2. The van der Waals surface area contributed by atoms with Gasteiger partial charge >= 0.3 is 11.8 Å². The Hall–Kier alpha value is -2.91. The maximum absolute atomic E-state index is 13.0. The second-order valence-corrected chi connectivity index (χ2v) is 9.01. The summed E-state index contributed by atoms with van der Waals surface area (Å²) in [4.78, 5) is 24.6. The highest BCUT2D eigenvalue weighted by molar-refractivity contribution is 7.89. The lowest BCUT2D eigenvalue weighted by Gasteiger charge is -2.24. The van der Waals surface area contributed by atoms with Crippen LogP contribution in [0.25, 0.3) is 0 Å². The van der Waals surface area contributed by atoms with Crippen molar-refractivity contribution in [2.75, 3.05) is 25.5 Å². The van der Waals surface area contributed by atoms with E-state index in [1.807, 2.05) is 6.92 Å². The summed E-state index contributed by atoms with van der Waals surface area (Å²) in [6.45, 7) is 2.34. The number of methoxy groups -OCH3 is 1. The Kier molecular flexibility index (Phi) is 6.73. The molecule has 0 unspecified atom stereocenters. The predicted octanol–water partition coefficient (Wildman–Crippen LogP) is 1.91. The van der Waals surface area contributed by atoms with Gasteiger partial charge in [0.2, 0.25) is 10.0 Å². The number of carbonyl (C=O) groups excluding carboxylic acids is 2. The molecule has 1 saturated heterocycles. The van der Waals surface area contributed by atoms with Gasteiger partial charge < -0.3 is 15.4 Å². The van der Waals surface area contributed by atoms with E-state index in [0.717, 1.165) is 5.56 Å². The number of benzene rings is 2. The lowest BCUT2D eigenvalue weighted by atomic mass is 10.2. The van der Waals surface area contributed by atoms with Gasteiger partial charge in [0.1, 0.15) is 5.75 Å². The largest absolute Gasteiger partial charge is 0.497 e. The number of anilines is 1. The maximum Gasteiger partial charge on any atom is 0.313 e. The molecule has 160 valence electrons. The first-order valence-corrected chi connectivity index (χ1v) is 11.1. The van der Waals surface area contributed by atoms with Crippen molar-refractivity contribution >= 4 is 27.5 Å². The SMILES string of the molecule is COc1cccc(NC(=O)C(=O)NC[C@H]2CCCN2S(=O)(=O)c2ccc(C)cc2)c1. The van der Waals surface area contributed by atoms with Gasteiger partial charge in [0, 0.05) is 30.9 Å². The molecule has 2 N–H and O–H groups in total. The molecule has 0 bridgehead atoms. The van der Waals surface area contributed by atoms with Crippen LogP contribution in [0.1, 0.15) is 18.4 Å². The van der Waals surface area contributed by atoms with Crippen LogP contribution in [-0.2, 0) is 19.6 Å². The number of hydrogen-bond acceptors (Lipinski definition) is 5. The zero-order valence-corrected chi connectivity index (χ0v) is 17.7. The molecule has 3 rings (SSSR count). The molecule has 0 spiro atoms. The van der Waals surface area contributed by atoms with Crippen molar-refractivity contribution in [1.29, 1.82) is 0 Å². The summed E-state index contributed by atoms with van der Waals surface area (Å²) in [6, 6.07) is 12.9. The first kappa shape index (κ1) is 21.8. The summed E-state index contributed by atoms with van der Waals surface area (Å²) in [7, 11) is -2.16. The number of carbonyl (C=O) groups is 2. The maximum atomic E-state index is 13.0. The zero-order valence-electron chi connectivity index (χ0n) is 16.9. The highest BCUT2D eigenvalue weighted by atomic mass is 32.2. The van der Waals surface area contributed by atoms with Crippen LogP contribution >= 0.6 is 0 Å². The van der Waals surface area contributed by atoms with Gasteiger partial charge in [-0.2, -0.15) is 4.31 Å². The van der Waals surface area contributed by atoms with Crippen LogP contribution in [0, 0.1) is 6.92 Å². The third kappa shape index (κ3) is 4.98. The molecule has 2 aromatic carbocycles. The average molecular weight is 432 g/mol. The standard InChI is InChI=1S/C21H25N3O5S/c1-15-8-10-19(11-9-15)30(27,28)24-12-4-6-17(24)14-22-20(25)21(26)23-16-5-3-7-18(13-16)29-2/h3,5,7-11,13,17H,4,6,12,14H2,1-2H3,(H,22,25)(H,23,26)/t17-/m1/s1. The van der Waals surface area contributed by atoms with E-state index in [-0.39, 0.29) is 11.4 Å². The van der Waals surface area contributed by atoms with Crippen molar-refractivity contribution in [2.24, 2.45) is 0 Å². The van der Waals surface area contributed by atoms with Crippen molar-refractivity contribution in [3.05, 3.63) is 54.1 Å². The number of sulfonamides is 1. The lowest BCUT2D eigenvalue weighted by Crippen LogP contribution is -2.45. The summed E-state index contributed by atoms with van der Waals surface area (Å²) < 4.78 is 32.4. The molecule has 30 heavy (non-hydrogen) atoms. The third-order valence-electron chi connectivity index (χ3n) is 4.98. The minimum absolute atomic E-state index is 0.0649. The summed E-state index contributed by atoms with van der Waals surface area (Å²) in [6.07, 6.45) is 1.31. The highest BCUT2D eigenvalue weighted by Crippen LogP contribution is 2.26. The minimum atomic E-state index is -3.66. The predicted molar refractivity (Wildman–Crippen MR) is 113 cm³/mol. The van der Waals surface area contributed by atoms with Gasteiger partial charge in [-0.05, 0) is 44.0 Å². The van der Waals surface area contributed by atoms with E-state index >= 15 is 0 Å². The molecular weight excluding hydrogens is 406 g/mol. The number of rotatable bonds is 6. The smallest absolute Gasteiger partial charge is 0.313 e. The fourth-order valence-corrected chi connectivity index (χ4v) is 5.05. The van der Waals surface area contributed by atoms with Gasteiger partial charge in [0.25, 0.3) is 0 Å². The second kappa shape index (κ2) is 9.27. The summed E-state index contributed by atoms with van der Waals surface area (Å²) in [5.74, 6) is -1.09. The first-order chi connectivity index (χ1) is 14.3. The number of nitrogens with one attached hydrogen (secondary N) is 2. The molecule has 2 amide bonds. The molecule has 1 atom stereocenters. The van der Waals surface area contributed by atoms with Gasteiger partial charge in [-0.1, -0.05) is 23.8 Å². The fraction of sp³-hybridized carbons (Fsp3) is 0.333. The van der Waals surface area contributed by atoms with Gasteiger partial charge in [0.05, 0.1) is 12.0 Å². The van der Waals surface area contributed by atoms with Crippen molar-refractivity contribution < 1.29 is 22.7 Å². The highest BCUT2D eigenvalue weighted by Gasteiger charge is 2.35. The van der Waals surface area contributed by atoms with Crippen LogP contribution < -0.4 is 15.4 Å². The van der Waals surface area contributed by atoms with E-state index in [0.29, 0.717) is 30.8 Å². The molecule has 1 aliphatic heterocycles. The third-order valence-corrected chi connectivity index (χ3v) is 6.95. The van der Waals surface area contributed by atoms with Crippen LogP contribution in [-0.4, -0.2) is 50.8 Å². The zero-order chi connectivity index (χ0) is 21.7. The summed E-state index contributed by atoms with van der Waals surface area (Å²) in [5.41, 5.74) is 1.40. The Bertz CT molecular complexity index is 1020. The van der Waals surface area contributed by atoms with Gasteiger partial charge in [0.15, 0.2) is 0 Å². The Morgan fingerprint density at radius 3 is 2.57 bits per heavy atom. The van der Waals surface area contributed by atoms with Gasteiger partial charge in [-0.15, -0.1) is 0 Å². The number of nitrogens with zero attached hydrogens (tertiary/aromatic N) is 1. The Balaban J connectivity index is 1.60. The monoisotopic (exact) mass is 431 g/mol. The van der Waals surface area contributed by atoms with Crippen LogP contribution in [0.2, 0.25) is 0 Å². The molecule has 1 fully saturated rings. The van der Waals surface area contributed by atoms with Crippen molar-refractivity contribution in [3.8, 4) is 5.75 Å². The van der Waals surface area contributed by atoms with E-state index in [4.69, 9.17) is 4.74 Å². The molecule has 1 aliphatic rings. The van der Waals surface area contributed by atoms with E-state index in [9.17, 15) is 18.0 Å². The van der Waals surface area contributed by atoms with Crippen LogP contribution in [0.4, 0.5) is 5.69 Å². The topological polar surface area (TPSA) is 105 Å². The van der Waals surface area contributed by atoms with E-state index < -0.39 is 27.9 Å². The van der Waals surface area contributed by atoms with Crippen molar-refractivity contribution in [1.82, 2.24) is 9.62 Å². The van der Waals surface area contributed by atoms with Gasteiger partial charge in [-0.3, -0.25) is 9.59 Å². The van der Waals surface area contributed by atoms with E-state index in [1.165, 1.54) is 11.4 Å². The van der Waals surface area contributed by atoms with Gasteiger partial charge in [-0.25, -0.2) is 8.42 Å². The molecule has 9 heteroatoms. The molecule has 0 aromatic heterocycles. The molecule has 0 saturated carbocycles. The van der Waals surface area contributed by atoms with Crippen LogP contribution in [0.15, 0.2) is 53.4 Å². The fourth-order valence-electron chi connectivity index (χ4n) is 3.35. The van der Waals surface area contributed by atoms with Crippen molar-refractivity contribution in [2.45, 2.75) is 30.7 Å². The van der Waals surface area contributed by atoms with Crippen LogP contribution in [0.3, 0.4) is 0 Å². The van der Waals surface area contributed by atoms with Crippen LogP contribution in [0.5, 0.6) is 5.75 Å². The number of aryl methyl sites for hydroxylation is 1. The molecule has 0 aliphatic carbocycles.